The van der Waals surface area contributed by atoms with Crippen molar-refractivity contribution in [3.63, 3.8) is 0 Å². The summed E-state index contributed by atoms with van der Waals surface area (Å²) in [6, 6.07) is 7.02. The van der Waals surface area contributed by atoms with E-state index >= 15 is 0 Å². The fourth-order valence-electron chi connectivity index (χ4n) is 2.96. The predicted molar refractivity (Wildman–Crippen MR) is 81.4 cm³/mol. The molecular weight excluding hydrogens is 234 g/mol. The van der Waals surface area contributed by atoms with Gasteiger partial charge in [0.2, 0.25) is 0 Å². The van der Waals surface area contributed by atoms with E-state index < -0.39 is 0 Å². The molecule has 1 aromatic rings. The first-order valence-corrected chi connectivity index (χ1v) is 7.60. The average Bonchev–Trinajstić information content (AvgIpc) is 2.44. The number of nitrogens with zero attached hydrogens (tertiary/aromatic N) is 2. The van der Waals surface area contributed by atoms with Crippen LogP contribution in [0.3, 0.4) is 0 Å². The molecule has 0 saturated heterocycles. The lowest BCUT2D eigenvalue weighted by atomic mass is 9.86. The molecule has 2 atom stereocenters. The molecule has 3 heteroatoms. The Morgan fingerprint density at radius 2 is 2.21 bits per heavy atom. The second-order valence-corrected chi connectivity index (χ2v) is 5.80. The Hall–Kier alpha value is -1.09. The van der Waals surface area contributed by atoms with Gasteiger partial charge in [-0.15, -0.1) is 0 Å². The molecule has 2 unspecified atom stereocenters. The first-order chi connectivity index (χ1) is 9.20. The molecule has 2 rings (SSSR count). The SMILES string of the molecule is CCNCc1cccc(N(C)C2CCCC(C)C2)n1. The molecule has 0 radical (unpaired) electrons. The summed E-state index contributed by atoms with van der Waals surface area (Å²) in [4.78, 5) is 7.15. The molecule has 0 spiro atoms. The van der Waals surface area contributed by atoms with Gasteiger partial charge in [0.25, 0.3) is 0 Å². The highest BCUT2D eigenvalue weighted by Gasteiger charge is 2.23. The number of rotatable bonds is 5. The van der Waals surface area contributed by atoms with Crippen LogP contribution in [0.1, 0.15) is 45.2 Å². The fourth-order valence-corrected chi connectivity index (χ4v) is 2.96. The quantitative estimate of drug-likeness (QED) is 0.882. The van der Waals surface area contributed by atoms with E-state index in [1.165, 1.54) is 25.7 Å². The average molecular weight is 261 g/mol. The van der Waals surface area contributed by atoms with Gasteiger partial charge >= 0.3 is 0 Å². The van der Waals surface area contributed by atoms with E-state index in [9.17, 15) is 0 Å². The molecule has 19 heavy (non-hydrogen) atoms. The summed E-state index contributed by atoms with van der Waals surface area (Å²) < 4.78 is 0. The maximum Gasteiger partial charge on any atom is 0.128 e. The van der Waals surface area contributed by atoms with Crippen LogP contribution in [0, 0.1) is 5.92 Å². The molecular formula is C16H27N3. The van der Waals surface area contributed by atoms with E-state index in [0.717, 1.165) is 30.5 Å². The minimum atomic E-state index is 0.658. The Labute approximate surface area is 117 Å². The molecule has 106 valence electrons. The van der Waals surface area contributed by atoms with Crippen LogP contribution < -0.4 is 10.2 Å². The van der Waals surface area contributed by atoms with Crippen LogP contribution in [0.25, 0.3) is 0 Å². The van der Waals surface area contributed by atoms with Gasteiger partial charge in [-0.3, -0.25) is 0 Å². The molecule has 0 amide bonds. The van der Waals surface area contributed by atoms with Crippen molar-refractivity contribution in [3.8, 4) is 0 Å². The lowest BCUT2D eigenvalue weighted by molar-refractivity contribution is 0.335. The van der Waals surface area contributed by atoms with Gasteiger partial charge < -0.3 is 10.2 Å². The lowest BCUT2D eigenvalue weighted by Crippen LogP contribution is -2.36. The van der Waals surface area contributed by atoms with Crippen molar-refractivity contribution < 1.29 is 0 Å². The highest BCUT2D eigenvalue weighted by molar-refractivity contribution is 5.39. The van der Waals surface area contributed by atoms with Crippen molar-refractivity contribution >= 4 is 5.82 Å². The van der Waals surface area contributed by atoms with Gasteiger partial charge in [-0.05, 0) is 37.4 Å². The summed E-state index contributed by atoms with van der Waals surface area (Å²) in [5.74, 6) is 1.97. The van der Waals surface area contributed by atoms with E-state index in [-0.39, 0.29) is 0 Å². The number of anilines is 1. The Balaban J connectivity index is 2.03. The van der Waals surface area contributed by atoms with Gasteiger partial charge in [0, 0.05) is 19.6 Å². The van der Waals surface area contributed by atoms with Gasteiger partial charge in [0.05, 0.1) is 5.69 Å². The smallest absolute Gasteiger partial charge is 0.128 e. The second-order valence-electron chi connectivity index (χ2n) is 5.80. The van der Waals surface area contributed by atoms with Gasteiger partial charge in [-0.25, -0.2) is 4.98 Å². The number of hydrogen-bond donors (Lipinski definition) is 1. The summed E-state index contributed by atoms with van der Waals surface area (Å²) in [6.45, 7) is 6.34. The molecule has 3 nitrogen and oxygen atoms in total. The zero-order valence-electron chi connectivity index (χ0n) is 12.5. The first-order valence-electron chi connectivity index (χ1n) is 7.60. The zero-order chi connectivity index (χ0) is 13.7. The van der Waals surface area contributed by atoms with Crippen molar-refractivity contribution in [1.29, 1.82) is 0 Å². The Morgan fingerprint density at radius 3 is 2.95 bits per heavy atom. The molecule has 0 aromatic carbocycles. The maximum atomic E-state index is 4.77. The van der Waals surface area contributed by atoms with Crippen molar-refractivity contribution in [3.05, 3.63) is 23.9 Å². The van der Waals surface area contributed by atoms with Gasteiger partial charge in [-0.2, -0.15) is 0 Å². The minimum absolute atomic E-state index is 0.658. The van der Waals surface area contributed by atoms with Crippen molar-refractivity contribution in [1.82, 2.24) is 10.3 Å². The Kier molecular flexibility index (Phi) is 5.20. The minimum Gasteiger partial charge on any atom is -0.357 e. The number of pyridine rings is 1. The molecule has 1 saturated carbocycles. The standard InChI is InChI=1S/C16H27N3/c1-4-17-12-14-8-6-10-16(18-14)19(3)15-9-5-7-13(2)11-15/h6,8,10,13,15,17H,4-5,7,9,11-12H2,1-3H3. The summed E-state index contributed by atoms with van der Waals surface area (Å²) in [5, 5.41) is 3.34. The fraction of sp³-hybridized carbons (Fsp3) is 0.688. The lowest BCUT2D eigenvalue weighted by Gasteiger charge is -2.35. The van der Waals surface area contributed by atoms with E-state index in [4.69, 9.17) is 4.98 Å². The third-order valence-electron chi connectivity index (χ3n) is 4.17. The van der Waals surface area contributed by atoms with E-state index in [2.05, 4.69) is 49.3 Å². The summed E-state index contributed by atoms with van der Waals surface area (Å²) in [5.41, 5.74) is 1.13. The zero-order valence-corrected chi connectivity index (χ0v) is 12.5. The van der Waals surface area contributed by atoms with Crippen molar-refractivity contribution in [2.45, 2.75) is 52.1 Å². The summed E-state index contributed by atoms with van der Waals surface area (Å²) >= 11 is 0. The maximum absolute atomic E-state index is 4.77. The topological polar surface area (TPSA) is 28.2 Å². The first kappa shape index (κ1) is 14.3. The largest absolute Gasteiger partial charge is 0.357 e. The van der Waals surface area contributed by atoms with Crippen LogP contribution in [-0.2, 0) is 6.54 Å². The number of aromatic nitrogens is 1. The van der Waals surface area contributed by atoms with Crippen LogP contribution in [0.4, 0.5) is 5.82 Å². The third kappa shape index (κ3) is 3.93. The molecule has 0 bridgehead atoms. The molecule has 1 N–H and O–H groups in total. The molecule has 1 aliphatic carbocycles. The Bertz CT molecular complexity index is 391. The predicted octanol–water partition coefficient (Wildman–Crippen LogP) is 3.21. The molecule has 1 fully saturated rings. The highest BCUT2D eigenvalue weighted by Crippen LogP contribution is 2.28. The third-order valence-corrected chi connectivity index (χ3v) is 4.17. The molecule has 1 aromatic heterocycles. The van der Waals surface area contributed by atoms with E-state index in [0.29, 0.717) is 6.04 Å². The van der Waals surface area contributed by atoms with Crippen LogP contribution in [-0.4, -0.2) is 24.6 Å². The second kappa shape index (κ2) is 6.90. The van der Waals surface area contributed by atoms with Gasteiger partial charge in [0.1, 0.15) is 5.82 Å². The van der Waals surface area contributed by atoms with E-state index in [1.54, 1.807) is 0 Å². The van der Waals surface area contributed by atoms with Crippen LogP contribution >= 0.6 is 0 Å². The van der Waals surface area contributed by atoms with Gasteiger partial charge in [0.15, 0.2) is 0 Å². The van der Waals surface area contributed by atoms with E-state index in [1.807, 2.05) is 0 Å². The van der Waals surface area contributed by atoms with Crippen molar-refractivity contribution in [2.75, 3.05) is 18.5 Å². The van der Waals surface area contributed by atoms with Crippen LogP contribution in [0.2, 0.25) is 0 Å². The summed E-state index contributed by atoms with van der Waals surface area (Å²) in [6.07, 6.45) is 5.35. The van der Waals surface area contributed by atoms with Crippen LogP contribution in [0.5, 0.6) is 0 Å². The molecule has 1 aliphatic rings. The van der Waals surface area contributed by atoms with Crippen LogP contribution in [0.15, 0.2) is 18.2 Å². The molecule has 1 heterocycles. The monoisotopic (exact) mass is 261 g/mol. The van der Waals surface area contributed by atoms with Gasteiger partial charge in [-0.1, -0.05) is 32.8 Å². The normalized spacial score (nSPS) is 23.3. The highest BCUT2D eigenvalue weighted by atomic mass is 15.2. The number of nitrogens with one attached hydrogen (secondary N) is 1. The number of hydrogen-bond acceptors (Lipinski definition) is 3. The summed E-state index contributed by atoms with van der Waals surface area (Å²) in [7, 11) is 2.20. The van der Waals surface area contributed by atoms with Crippen molar-refractivity contribution in [2.24, 2.45) is 5.92 Å². The Morgan fingerprint density at radius 1 is 1.37 bits per heavy atom. The molecule has 0 aliphatic heterocycles.